The van der Waals surface area contributed by atoms with Crippen LogP contribution < -0.4 is 0 Å². The Bertz CT molecular complexity index is 1200. The standard InChI is InChI=1S/C24H28BrN5O6/c1-3-9-28(13-30-16-8-6-5-7-15(16)26-27-30)22(33)20-24-12-14(25)19(36-24)17(23(34)35-4-2)18(24)21(32)29(20)10-11-31/h3,5-8,14,17-20,31H,1,4,9-13H2,2H3/t14?,17-,18+,19-,20-,24+/m0/s1. The molecule has 0 saturated carbocycles. The molecule has 2 bridgehead atoms. The van der Waals surface area contributed by atoms with Crippen LogP contribution in [0.3, 0.4) is 0 Å². The molecule has 0 aliphatic carbocycles. The molecule has 1 N–H and O–H groups in total. The highest BCUT2D eigenvalue weighted by Gasteiger charge is 2.77. The first kappa shape index (κ1) is 24.8. The van der Waals surface area contributed by atoms with Gasteiger partial charge in [-0.3, -0.25) is 14.4 Å². The van der Waals surface area contributed by atoms with Crippen LogP contribution in [0.25, 0.3) is 11.0 Å². The van der Waals surface area contributed by atoms with E-state index in [0.717, 1.165) is 5.52 Å². The van der Waals surface area contributed by atoms with Crippen molar-refractivity contribution in [1.82, 2.24) is 24.8 Å². The van der Waals surface area contributed by atoms with Crippen LogP contribution in [-0.2, 0) is 30.5 Å². The summed E-state index contributed by atoms with van der Waals surface area (Å²) >= 11 is 3.61. The van der Waals surface area contributed by atoms with Gasteiger partial charge in [-0.2, -0.15) is 0 Å². The van der Waals surface area contributed by atoms with Crippen molar-refractivity contribution in [2.75, 3.05) is 26.3 Å². The van der Waals surface area contributed by atoms with Crippen LogP contribution in [0.4, 0.5) is 0 Å². The SMILES string of the molecule is C=CCN(Cn1nnc2ccccc21)C(=O)[C@@H]1N(CCO)C(=O)[C@H]2[C@H](C(=O)OCC)[C@H]3O[C@@]12CC3Br. The third-order valence-electron chi connectivity index (χ3n) is 7.31. The highest BCUT2D eigenvalue weighted by Crippen LogP contribution is 2.60. The molecule has 3 aliphatic rings. The molecule has 5 rings (SSSR count). The molecule has 6 atom stereocenters. The fraction of sp³-hybridized carbons (Fsp3) is 0.542. The van der Waals surface area contributed by atoms with Crippen molar-refractivity contribution in [3.8, 4) is 0 Å². The maximum atomic E-state index is 14.2. The van der Waals surface area contributed by atoms with Gasteiger partial charge in [0.25, 0.3) is 0 Å². The Hall–Kier alpha value is -2.83. The average Bonchev–Trinajstić information content (AvgIpc) is 3.57. The number of para-hydroxylation sites is 1. The second-order valence-electron chi connectivity index (χ2n) is 9.24. The number of aliphatic hydroxyl groups excluding tert-OH is 1. The number of rotatable bonds is 9. The maximum absolute atomic E-state index is 14.2. The lowest BCUT2D eigenvalue weighted by molar-refractivity contribution is -0.155. The Morgan fingerprint density at radius 1 is 1.42 bits per heavy atom. The molecule has 0 radical (unpaired) electrons. The third-order valence-corrected chi connectivity index (χ3v) is 8.15. The maximum Gasteiger partial charge on any atom is 0.312 e. The predicted molar refractivity (Wildman–Crippen MR) is 131 cm³/mol. The minimum atomic E-state index is -1.22. The number of alkyl halides is 1. The lowest BCUT2D eigenvalue weighted by Gasteiger charge is -2.36. The third kappa shape index (κ3) is 3.65. The zero-order valence-electron chi connectivity index (χ0n) is 19.8. The van der Waals surface area contributed by atoms with Crippen molar-refractivity contribution in [3.05, 3.63) is 36.9 Å². The molecule has 192 valence electrons. The molecule has 1 unspecified atom stereocenters. The quantitative estimate of drug-likeness (QED) is 0.269. The van der Waals surface area contributed by atoms with Gasteiger partial charge < -0.3 is 24.4 Å². The molecule has 3 saturated heterocycles. The lowest BCUT2D eigenvalue weighted by atomic mass is 9.70. The minimum Gasteiger partial charge on any atom is -0.466 e. The summed E-state index contributed by atoms with van der Waals surface area (Å²) in [6.07, 6.45) is 1.38. The number of hydrogen-bond acceptors (Lipinski definition) is 8. The van der Waals surface area contributed by atoms with Crippen molar-refractivity contribution < 1.29 is 29.0 Å². The molecule has 2 aromatic rings. The molecule has 36 heavy (non-hydrogen) atoms. The van der Waals surface area contributed by atoms with Crippen LogP contribution in [0.15, 0.2) is 36.9 Å². The normalized spacial score (nSPS) is 30.6. The van der Waals surface area contributed by atoms with Gasteiger partial charge >= 0.3 is 5.97 Å². The van der Waals surface area contributed by atoms with Crippen LogP contribution in [0.2, 0.25) is 0 Å². The number of carbonyl (C=O) groups is 3. The van der Waals surface area contributed by atoms with E-state index in [9.17, 15) is 19.5 Å². The molecular weight excluding hydrogens is 534 g/mol. The number of benzene rings is 1. The fourth-order valence-corrected chi connectivity index (χ4v) is 6.94. The monoisotopic (exact) mass is 561 g/mol. The number of ether oxygens (including phenoxy) is 2. The number of esters is 1. The molecule has 1 spiro atoms. The highest BCUT2D eigenvalue weighted by atomic mass is 79.9. The first-order valence-corrected chi connectivity index (χ1v) is 12.9. The Morgan fingerprint density at radius 2 is 2.19 bits per heavy atom. The molecule has 12 heteroatoms. The minimum absolute atomic E-state index is 0.0573. The van der Waals surface area contributed by atoms with Crippen molar-refractivity contribution in [2.45, 2.75) is 42.6 Å². The lowest BCUT2D eigenvalue weighted by Crippen LogP contribution is -2.57. The molecule has 2 amide bonds. The van der Waals surface area contributed by atoms with E-state index in [1.54, 1.807) is 17.7 Å². The molecule has 3 aliphatic heterocycles. The van der Waals surface area contributed by atoms with Crippen molar-refractivity contribution >= 4 is 44.7 Å². The Morgan fingerprint density at radius 3 is 2.92 bits per heavy atom. The highest BCUT2D eigenvalue weighted by molar-refractivity contribution is 9.09. The molecule has 1 aromatic heterocycles. The number of likely N-dealkylation sites (tertiary alicyclic amines) is 1. The van der Waals surface area contributed by atoms with Crippen molar-refractivity contribution in [3.63, 3.8) is 0 Å². The van der Waals surface area contributed by atoms with Gasteiger partial charge in [0.1, 0.15) is 23.8 Å². The number of nitrogens with zero attached hydrogens (tertiary/aromatic N) is 5. The van der Waals surface area contributed by atoms with Crippen LogP contribution >= 0.6 is 15.9 Å². The van der Waals surface area contributed by atoms with Gasteiger partial charge in [-0.1, -0.05) is 39.4 Å². The van der Waals surface area contributed by atoms with E-state index in [1.807, 2.05) is 24.3 Å². The van der Waals surface area contributed by atoms with Gasteiger partial charge in [0.2, 0.25) is 11.8 Å². The predicted octanol–water partition coefficient (Wildman–Crippen LogP) is 0.707. The van der Waals surface area contributed by atoms with Gasteiger partial charge in [-0.05, 0) is 25.5 Å². The smallest absolute Gasteiger partial charge is 0.312 e. The summed E-state index contributed by atoms with van der Waals surface area (Å²) in [5.41, 5.74) is 0.229. The van der Waals surface area contributed by atoms with E-state index in [-0.39, 0.29) is 49.6 Å². The molecule has 4 heterocycles. The van der Waals surface area contributed by atoms with Gasteiger partial charge in [0.15, 0.2) is 0 Å². The largest absolute Gasteiger partial charge is 0.466 e. The van der Waals surface area contributed by atoms with E-state index in [1.165, 1.54) is 9.80 Å². The number of fused-ring (bicyclic) bond motifs is 2. The summed E-state index contributed by atoms with van der Waals surface area (Å²) in [5.74, 6) is -2.97. The van der Waals surface area contributed by atoms with Crippen LogP contribution in [-0.4, -0.2) is 96.6 Å². The first-order valence-electron chi connectivity index (χ1n) is 12.0. The number of carbonyl (C=O) groups excluding carboxylic acids is 3. The first-order chi connectivity index (χ1) is 17.4. The number of hydrogen-bond donors (Lipinski definition) is 1. The number of aliphatic hydroxyl groups is 1. The second-order valence-corrected chi connectivity index (χ2v) is 10.4. The Kier molecular flexibility index (Phi) is 6.60. The van der Waals surface area contributed by atoms with E-state index < -0.39 is 35.6 Å². The fourth-order valence-electron chi connectivity index (χ4n) is 5.99. The van der Waals surface area contributed by atoms with Crippen LogP contribution in [0.5, 0.6) is 0 Å². The number of aromatic nitrogens is 3. The van der Waals surface area contributed by atoms with E-state index >= 15 is 0 Å². The van der Waals surface area contributed by atoms with Gasteiger partial charge in [0.05, 0.1) is 36.7 Å². The number of amides is 2. The second kappa shape index (κ2) is 9.56. The van der Waals surface area contributed by atoms with E-state index in [4.69, 9.17) is 9.47 Å². The summed E-state index contributed by atoms with van der Waals surface area (Å²) in [6.45, 7) is 5.54. The molecule has 1 aromatic carbocycles. The zero-order chi connectivity index (χ0) is 25.6. The number of halogens is 1. The molecule has 11 nitrogen and oxygen atoms in total. The summed E-state index contributed by atoms with van der Waals surface area (Å²) in [6, 6.07) is 6.38. The molecular formula is C24H28BrN5O6. The van der Waals surface area contributed by atoms with Gasteiger partial charge in [-0.15, -0.1) is 11.7 Å². The number of β-amino-alcohol motifs (C(OH)–C–C–N with tert-alkyl or cyclic N) is 1. The summed E-state index contributed by atoms with van der Waals surface area (Å²) in [4.78, 5) is 43.4. The van der Waals surface area contributed by atoms with Crippen molar-refractivity contribution in [1.29, 1.82) is 0 Å². The van der Waals surface area contributed by atoms with E-state index in [2.05, 4.69) is 32.8 Å². The van der Waals surface area contributed by atoms with Crippen molar-refractivity contribution in [2.24, 2.45) is 11.8 Å². The summed E-state index contributed by atoms with van der Waals surface area (Å²) in [7, 11) is 0. The van der Waals surface area contributed by atoms with E-state index in [0.29, 0.717) is 11.9 Å². The zero-order valence-corrected chi connectivity index (χ0v) is 21.4. The Labute approximate surface area is 216 Å². The van der Waals surface area contributed by atoms with Crippen LogP contribution in [0.1, 0.15) is 13.3 Å². The van der Waals surface area contributed by atoms with Gasteiger partial charge in [-0.25, -0.2) is 4.68 Å². The summed E-state index contributed by atoms with van der Waals surface area (Å²) < 4.78 is 13.3. The van der Waals surface area contributed by atoms with Crippen LogP contribution in [0, 0.1) is 11.8 Å². The Balaban J connectivity index is 1.52. The molecule has 3 fully saturated rings. The topological polar surface area (TPSA) is 127 Å². The average molecular weight is 562 g/mol. The summed E-state index contributed by atoms with van der Waals surface area (Å²) in [5, 5.41) is 18.1. The van der Waals surface area contributed by atoms with Gasteiger partial charge in [0, 0.05) is 17.9 Å².